The highest BCUT2D eigenvalue weighted by Crippen LogP contribution is 2.32. The molecule has 0 aromatic carbocycles. The zero-order chi connectivity index (χ0) is 23.8. The molecule has 0 aliphatic carbocycles. The van der Waals surface area contributed by atoms with E-state index in [4.69, 9.17) is 19.7 Å². The summed E-state index contributed by atoms with van der Waals surface area (Å²) >= 11 is 0. The van der Waals surface area contributed by atoms with E-state index >= 15 is 0 Å². The molecule has 1 aromatic rings. The van der Waals surface area contributed by atoms with Crippen LogP contribution >= 0.6 is 0 Å². The molecule has 3 rings (SSSR count). The molecule has 0 bridgehead atoms. The Labute approximate surface area is 191 Å². The van der Waals surface area contributed by atoms with Gasteiger partial charge in [-0.2, -0.15) is 5.26 Å². The number of aromatic nitrogens is 1. The molecule has 3 heterocycles. The van der Waals surface area contributed by atoms with Crippen molar-refractivity contribution >= 4 is 24.3 Å². The van der Waals surface area contributed by atoms with Crippen molar-refractivity contribution in [2.45, 2.75) is 38.5 Å². The van der Waals surface area contributed by atoms with Gasteiger partial charge in [-0.25, -0.2) is 14.4 Å². The highest BCUT2D eigenvalue weighted by Gasteiger charge is 2.27. The Bertz CT molecular complexity index is 1030. The fraction of sp³-hybridized carbons (Fsp3) is 0.435. The van der Waals surface area contributed by atoms with E-state index in [1.54, 1.807) is 15.9 Å². The van der Waals surface area contributed by atoms with Crippen LogP contribution in [0.25, 0.3) is 0 Å². The molecular weight excluding hydrogens is 429 g/mol. The summed E-state index contributed by atoms with van der Waals surface area (Å²) in [6.07, 6.45) is 6.03. The minimum Gasteiger partial charge on any atom is -0.350 e. The van der Waals surface area contributed by atoms with E-state index in [1.165, 1.54) is 20.4 Å². The predicted octanol–water partition coefficient (Wildman–Crippen LogP) is 2.74. The second-order valence-corrected chi connectivity index (χ2v) is 7.61. The molecule has 33 heavy (non-hydrogen) atoms. The number of ether oxygens (including phenoxy) is 2. The third kappa shape index (κ3) is 5.69. The Morgan fingerprint density at radius 2 is 2.09 bits per heavy atom. The molecule has 1 fully saturated rings. The number of nitrogens with zero attached hydrogens (tertiary/aromatic N) is 5. The van der Waals surface area contributed by atoms with Gasteiger partial charge in [0.2, 0.25) is 18.6 Å². The fourth-order valence-corrected chi connectivity index (χ4v) is 3.95. The number of allylic oxidation sites excluding steroid dienone is 3. The Balaban J connectivity index is 1.97. The van der Waals surface area contributed by atoms with Gasteiger partial charge >= 0.3 is 0 Å². The highest BCUT2D eigenvalue weighted by atomic mass is 19.1. The van der Waals surface area contributed by atoms with Crippen LogP contribution in [-0.2, 0) is 32.0 Å². The van der Waals surface area contributed by atoms with Gasteiger partial charge in [0.15, 0.2) is 0 Å². The Morgan fingerprint density at radius 1 is 1.33 bits per heavy atom. The van der Waals surface area contributed by atoms with Gasteiger partial charge in [-0.15, -0.1) is 0 Å². The number of nitriles is 1. The van der Waals surface area contributed by atoms with E-state index in [0.717, 1.165) is 42.7 Å². The van der Waals surface area contributed by atoms with Crippen LogP contribution in [0.15, 0.2) is 34.7 Å². The molecule has 0 radical (unpaired) electrons. The molecule has 2 aliphatic rings. The van der Waals surface area contributed by atoms with Gasteiger partial charge in [0, 0.05) is 46.5 Å². The minimum atomic E-state index is -0.814. The topological polar surface area (TPSA) is 108 Å². The molecule has 9 nitrogen and oxygen atoms in total. The van der Waals surface area contributed by atoms with Crippen LogP contribution in [0, 0.1) is 11.3 Å². The number of fused-ring (bicyclic) bond motifs is 1. The number of pyridine rings is 1. The number of hydrogen-bond donors (Lipinski definition) is 0. The van der Waals surface area contributed by atoms with E-state index in [1.807, 2.05) is 6.07 Å². The lowest BCUT2D eigenvalue weighted by Crippen LogP contribution is -2.29. The van der Waals surface area contributed by atoms with Gasteiger partial charge < -0.3 is 19.3 Å². The van der Waals surface area contributed by atoms with Crippen LogP contribution in [0.3, 0.4) is 0 Å². The number of likely N-dealkylation sites (tertiary alicyclic amines) is 1. The van der Waals surface area contributed by atoms with Crippen LogP contribution in [0.5, 0.6) is 0 Å². The van der Waals surface area contributed by atoms with Crippen molar-refractivity contribution < 1.29 is 23.5 Å². The lowest BCUT2D eigenvalue weighted by molar-refractivity contribution is -0.128. The van der Waals surface area contributed by atoms with Gasteiger partial charge in [0.25, 0.3) is 0 Å². The average Bonchev–Trinajstić information content (AvgIpc) is 3.23. The molecule has 0 unspecified atom stereocenters. The predicted molar refractivity (Wildman–Crippen MR) is 119 cm³/mol. The smallest absolute Gasteiger partial charge is 0.232 e. The minimum absolute atomic E-state index is 0.114. The van der Waals surface area contributed by atoms with Crippen molar-refractivity contribution in [2.24, 2.45) is 4.99 Å². The lowest BCUT2D eigenvalue weighted by Gasteiger charge is -2.30. The number of carbonyl (C=O) groups excluding carboxylic acids is 2. The summed E-state index contributed by atoms with van der Waals surface area (Å²) in [5, 5.41) is 9.07. The van der Waals surface area contributed by atoms with Gasteiger partial charge in [-0.3, -0.25) is 9.59 Å². The van der Waals surface area contributed by atoms with Crippen LogP contribution in [0.4, 0.5) is 10.2 Å². The number of hydrogen-bond acceptors (Lipinski definition) is 7. The number of amides is 2. The summed E-state index contributed by atoms with van der Waals surface area (Å²) in [6.45, 7) is 1.73. The van der Waals surface area contributed by atoms with Crippen molar-refractivity contribution in [2.75, 3.05) is 32.2 Å². The molecule has 10 heteroatoms. The summed E-state index contributed by atoms with van der Waals surface area (Å²) < 4.78 is 25.3. The molecule has 174 valence electrons. The van der Waals surface area contributed by atoms with Gasteiger partial charge in [0.1, 0.15) is 29.0 Å². The summed E-state index contributed by atoms with van der Waals surface area (Å²) in [4.78, 5) is 34.2. The largest absolute Gasteiger partial charge is 0.350 e. The zero-order valence-corrected chi connectivity index (χ0v) is 18.7. The summed E-state index contributed by atoms with van der Waals surface area (Å²) in [5.41, 5.74) is 2.03. The third-order valence-corrected chi connectivity index (χ3v) is 5.54. The van der Waals surface area contributed by atoms with E-state index in [9.17, 15) is 14.0 Å². The van der Waals surface area contributed by atoms with E-state index < -0.39 is 12.1 Å². The summed E-state index contributed by atoms with van der Waals surface area (Å²) in [6, 6.07) is 3.69. The highest BCUT2D eigenvalue weighted by molar-refractivity contribution is 5.89. The Morgan fingerprint density at radius 3 is 2.73 bits per heavy atom. The van der Waals surface area contributed by atoms with Crippen LogP contribution < -0.4 is 4.90 Å². The zero-order valence-electron chi connectivity index (χ0n) is 18.7. The average molecular weight is 455 g/mol. The molecule has 0 saturated carbocycles. The number of carbonyl (C=O) groups is 2. The second kappa shape index (κ2) is 11.4. The molecule has 1 saturated heterocycles. The molecule has 2 aliphatic heterocycles. The summed E-state index contributed by atoms with van der Waals surface area (Å²) in [7, 11) is 3.03. The Kier molecular flexibility index (Phi) is 8.40. The first-order chi connectivity index (χ1) is 16.0. The molecular formula is C23H26FN5O4. The van der Waals surface area contributed by atoms with Crippen molar-refractivity contribution in [3.05, 3.63) is 46.6 Å². The first-order valence-electron chi connectivity index (χ1n) is 10.6. The van der Waals surface area contributed by atoms with Crippen molar-refractivity contribution in [1.82, 2.24) is 9.88 Å². The number of anilines is 1. The quantitative estimate of drug-likeness (QED) is 0.185. The monoisotopic (exact) mass is 455 g/mol. The van der Waals surface area contributed by atoms with Gasteiger partial charge in [-0.1, -0.05) is 0 Å². The Hall–Kier alpha value is -3.42. The lowest BCUT2D eigenvalue weighted by atomic mass is 10.0. The first-order valence-corrected chi connectivity index (χ1v) is 10.6. The third-order valence-electron chi connectivity index (χ3n) is 5.54. The number of methoxy groups -OCH3 is 2. The molecule has 0 N–H and O–H groups in total. The molecule has 0 spiro atoms. The normalized spacial score (nSPS) is 17.1. The summed E-state index contributed by atoms with van der Waals surface area (Å²) in [5.74, 6) is -0.0643. The van der Waals surface area contributed by atoms with Crippen molar-refractivity contribution in [3.8, 4) is 6.07 Å². The maximum atomic E-state index is 14.4. The molecule has 0 atom stereocenters. The van der Waals surface area contributed by atoms with Crippen LogP contribution in [0.2, 0.25) is 0 Å². The van der Waals surface area contributed by atoms with Gasteiger partial charge in [0.05, 0.1) is 6.21 Å². The molecule has 1 aromatic heterocycles. The van der Waals surface area contributed by atoms with Gasteiger partial charge in [-0.05, 0) is 42.5 Å². The second-order valence-electron chi connectivity index (χ2n) is 7.61. The number of aryl methyl sites for hydroxylation is 1. The maximum Gasteiger partial charge on any atom is 0.232 e. The number of halogens is 1. The van der Waals surface area contributed by atoms with Crippen LogP contribution in [0.1, 0.15) is 42.4 Å². The number of aliphatic imine (C=N–C) groups is 1. The SMILES string of the molecule is COC(OC)c1nc2c(cc1CN1CCCC1=O)CCCN2/C=C/C(F)=C(C#N)\C=N/C=O. The van der Waals surface area contributed by atoms with E-state index in [2.05, 4.69) is 4.99 Å². The van der Waals surface area contributed by atoms with Crippen LogP contribution in [-0.4, -0.2) is 55.7 Å². The molecule has 2 amide bonds. The number of rotatable bonds is 9. The van der Waals surface area contributed by atoms with E-state index in [-0.39, 0.29) is 17.9 Å². The van der Waals surface area contributed by atoms with E-state index in [0.29, 0.717) is 37.6 Å². The van der Waals surface area contributed by atoms with Crippen molar-refractivity contribution in [1.29, 1.82) is 5.26 Å². The first kappa shape index (κ1) is 24.2. The maximum absolute atomic E-state index is 14.4. The fourth-order valence-electron chi connectivity index (χ4n) is 3.95. The standard InChI is InChI=1S/C23H26FN5O4/c1-32-23(33-2)21-17(14-29-9-4-6-20(29)31)11-16-5-3-8-28(22(16)27-21)10-7-19(24)18(12-25)13-26-15-30/h7,10-11,13,15,23H,3-6,8-9,14H2,1-2H3/b10-7+,19-18+,26-13-. The van der Waals surface area contributed by atoms with Crippen molar-refractivity contribution in [3.63, 3.8) is 0 Å².